The van der Waals surface area contributed by atoms with Gasteiger partial charge in [-0.3, -0.25) is 4.55 Å². The zero-order valence-electron chi connectivity index (χ0n) is 14.7. The lowest BCUT2D eigenvalue weighted by atomic mass is 10.00. The molecule has 0 atom stereocenters. The standard InChI is InChI=1S/C14H16N2O3S.C3H9N/c1-8-5-10(3-4-12(8)15)11-6-9(2)14(16)13(7-11)20(17,18)19;1-4(2)3/h3-7H,15-16H2,1-2H3,(H,17,18,19);1-3H3. The first kappa shape index (κ1) is 20.0. The molecule has 0 aliphatic heterocycles. The number of anilines is 2. The van der Waals surface area contributed by atoms with Gasteiger partial charge in [0.15, 0.2) is 0 Å². The van der Waals surface area contributed by atoms with E-state index >= 15 is 0 Å². The molecule has 0 aliphatic rings. The molecule has 7 heteroatoms. The summed E-state index contributed by atoms with van der Waals surface area (Å²) in [6.45, 7) is 3.56. The average molecular weight is 351 g/mol. The van der Waals surface area contributed by atoms with Crippen LogP contribution in [0.3, 0.4) is 0 Å². The highest BCUT2D eigenvalue weighted by Gasteiger charge is 2.17. The van der Waals surface area contributed by atoms with E-state index in [4.69, 9.17) is 11.5 Å². The van der Waals surface area contributed by atoms with Gasteiger partial charge < -0.3 is 16.4 Å². The fourth-order valence-electron chi connectivity index (χ4n) is 2.00. The molecule has 0 saturated heterocycles. The third kappa shape index (κ3) is 5.23. The number of hydrogen-bond donors (Lipinski definition) is 3. The van der Waals surface area contributed by atoms with E-state index in [9.17, 15) is 13.0 Å². The summed E-state index contributed by atoms with van der Waals surface area (Å²) in [5.74, 6) is 0. The molecule has 0 spiro atoms. The van der Waals surface area contributed by atoms with Crippen LogP contribution in [0.25, 0.3) is 11.1 Å². The molecule has 0 aliphatic carbocycles. The van der Waals surface area contributed by atoms with Crippen LogP contribution in [0, 0.1) is 13.8 Å². The van der Waals surface area contributed by atoms with E-state index in [-0.39, 0.29) is 10.6 Å². The molecule has 0 unspecified atom stereocenters. The maximum absolute atomic E-state index is 11.4. The third-order valence-corrected chi connectivity index (χ3v) is 4.12. The van der Waals surface area contributed by atoms with E-state index in [1.54, 1.807) is 25.1 Å². The Kier molecular flexibility index (Phi) is 6.36. The maximum Gasteiger partial charge on any atom is 0.296 e. The lowest BCUT2D eigenvalue weighted by Crippen LogP contribution is -2.05. The lowest BCUT2D eigenvalue weighted by molar-refractivity contribution is 0.483. The molecule has 0 heterocycles. The van der Waals surface area contributed by atoms with Gasteiger partial charge in [0, 0.05) is 5.69 Å². The smallest absolute Gasteiger partial charge is 0.296 e. The van der Waals surface area contributed by atoms with Crippen molar-refractivity contribution in [3.8, 4) is 11.1 Å². The number of benzene rings is 2. The molecule has 2 aromatic rings. The predicted octanol–water partition coefficient (Wildman–Crippen LogP) is 2.56. The van der Waals surface area contributed by atoms with Gasteiger partial charge in [-0.15, -0.1) is 0 Å². The van der Waals surface area contributed by atoms with Crippen LogP contribution in [0.5, 0.6) is 0 Å². The molecular weight excluding hydrogens is 326 g/mol. The Labute approximate surface area is 143 Å². The van der Waals surface area contributed by atoms with Crippen molar-refractivity contribution in [3.63, 3.8) is 0 Å². The van der Waals surface area contributed by atoms with E-state index in [0.717, 1.165) is 11.1 Å². The fourth-order valence-corrected chi connectivity index (χ4v) is 2.72. The zero-order chi connectivity index (χ0) is 18.7. The van der Waals surface area contributed by atoms with Crippen LogP contribution >= 0.6 is 0 Å². The first-order valence-corrected chi connectivity index (χ1v) is 8.72. The van der Waals surface area contributed by atoms with Gasteiger partial charge in [0.2, 0.25) is 0 Å². The minimum Gasteiger partial charge on any atom is -0.399 e. The molecule has 132 valence electrons. The van der Waals surface area contributed by atoms with Crippen LogP contribution in [0.2, 0.25) is 0 Å². The van der Waals surface area contributed by atoms with Gasteiger partial charge in [-0.05, 0) is 81.5 Å². The van der Waals surface area contributed by atoms with Gasteiger partial charge in [0.25, 0.3) is 10.1 Å². The van der Waals surface area contributed by atoms with Crippen LogP contribution in [0.1, 0.15) is 11.1 Å². The van der Waals surface area contributed by atoms with E-state index in [1.807, 2.05) is 39.0 Å². The van der Waals surface area contributed by atoms with Crippen LogP contribution in [-0.2, 0) is 10.1 Å². The van der Waals surface area contributed by atoms with Crippen LogP contribution in [-0.4, -0.2) is 39.0 Å². The SMILES string of the molecule is CN(C)C.Cc1cc(-c2cc(C)c(N)c(S(=O)(=O)O)c2)ccc1N. The topological polar surface area (TPSA) is 110 Å². The number of hydrogen-bond acceptors (Lipinski definition) is 5. The second-order valence-corrected chi connectivity index (χ2v) is 7.48. The van der Waals surface area contributed by atoms with Crippen molar-refractivity contribution in [2.24, 2.45) is 0 Å². The average Bonchev–Trinajstić information content (AvgIpc) is 2.43. The molecule has 24 heavy (non-hydrogen) atoms. The van der Waals surface area contributed by atoms with Gasteiger partial charge >= 0.3 is 0 Å². The molecule has 0 amide bonds. The van der Waals surface area contributed by atoms with Crippen molar-refractivity contribution in [1.82, 2.24) is 4.90 Å². The molecular formula is C17H25N3O3S. The Hall–Kier alpha value is -2.09. The summed E-state index contributed by atoms with van der Waals surface area (Å²) in [5, 5.41) is 0. The molecule has 2 rings (SSSR count). The molecule has 0 fully saturated rings. The van der Waals surface area contributed by atoms with Crippen molar-refractivity contribution in [1.29, 1.82) is 0 Å². The highest BCUT2D eigenvalue weighted by Crippen LogP contribution is 2.31. The maximum atomic E-state index is 11.4. The lowest BCUT2D eigenvalue weighted by Gasteiger charge is -2.11. The van der Waals surface area contributed by atoms with Gasteiger partial charge in [-0.1, -0.05) is 6.07 Å². The largest absolute Gasteiger partial charge is 0.399 e. The molecule has 0 saturated carbocycles. The van der Waals surface area contributed by atoms with Crippen LogP contribution in [0.4, 0.5) is 11.4 Å². The van der Waals surface area contributed by atoms with Crippen molar-refractivity contribution in [2.45, 2.75) is 18.7 Å². The molecule has 6 nitrogen and oxygen atoms in total. The molecule has 5 N–H and O–H groups in total. The molecule has 0 bridgehead atoms. The summed E-state index contributed by atoms with van der Waals surface area (Å²) in [6.07, 6.45) is 0. The summed E-state index contributed by atoms with van der Waals surface area (Å²) >= 11 is 0. The minimum atomic E-state index is -4.35. The van der Waals surface area contributed by atoms with Crippen LogP contribution in [0.15, 0.2) is 35.2 Å². The van der Waals surface area contributed by atoms with Crippen LogP contribution < -0.4 is 11.5 Å². The normalized spacial score (nSPS) is 11.1. The summed E-state index contributed by atoms with van der Waals surface area (Å²) < 4.78 is 32.0. The Morgan fingerprint density at radius 3 is 1.88 bits per heavy atom. The van der Waals surface area contributed by atoms with Crippen molar-refractivity contribution in [3.05, 3.63) is 41.5 Å². The number of nitrogen functional groups attached to an aromatic ring is 2. The van der Waals surface area contributed by atoms with Gasteiger partial charge in [-0.25, -0.2) is 0 Å². The monoisotopic (exact) mass is 351 g/mol. The second kappa shape index (κ2) is 7.65. The van der Waals surface area contributed by atoms with Crippen molar-refractivity contribution in [2.75, 3.05) is 32.6 Å². The Morgan fingerprint density at radius 2 is 1.42 bits per heavy atom. The van der Waals surface area contributed by atoms with E-state index < -0.39 is 10.1 Å². The first-order valence-electron chi connectivity index (χ1n) is 7.28. The summed E-state index contributed by atoms with van der Waals surface area (Å²) in [7, 11) is 1.65. The fraction of sp³-hybridized carbons (Fsp3) is 0.294. The van der Waals surface area contributed by atoms with E-state index in [0.29, 0.717) is 16.8 Å². The van der Waals surface area contributed by atoms with Gasteiger partial charge in [0.1, 0.15) is 4.90 Å². The predicted molar refractivity (Wildman–Crippen MR) is 99.6 cm³/mol. The summed E-state index contributed by atoms with van der Waals surface area (Å²) in [4.78, 5) is 1.72. The number of rotatable bonds is 2. The van der Waals surface area contributed by atoms with Gasteiger partial charge in [0.05, 0.1) is 5.69 Å². The molecule has 2 aromatic carbocycles. The second-order valence-electron chi connectivity index (χ2n) is 6.09. The Balaban J connectivity index is 0.000000648. The highest BCUT2D eigenvalue weighted by atomic mass is 32.2. The third-order valence-electron chi connectivity index (χ3n) is 3.23. The summed E-state index contributed by atoms with van der Waals surface area (Å²) in [5.41, 5.74) is 15.1. The van der Waals surface area contributed by atoms with Gasteiger partial charge in [-0.2, -0.15) is 8.42 Å². The molecule has 0 radical (unpaired) electrons. The van der Waals surface area contributed by atoms with Crippen molar-refractivity contribution < 1.29 is 13.0 Å². The Bertz CT molecular complexity index is 828. The van der Waals surface area contributed by atoms with Crippen molar-refractivity contribution >= 4 is 21.5 Å². The van der Waals surface area contributed by atoms with E-state index in [2.05, 4.69) is 0 Å². The first-order chi connectivity index (χ1) is 10.9. The molecule has 0 aromatic heterocycles. The minimum absolute atomic E-state index is 0.0587. The number of nitrogens with zero attached hydrogens (tertiary/aromatic N) is 1. The zero-order valence-corrected chi connectivity index (χ0v) is 15.5. The number of aryl methyl sites for hydroxylation is 2. The summed E-state index contributed by atoms with van der Waals surface area (Å²) in [6, 6.07) is 8.54. The van der Waals surface area contributed by atoms with E-state index in [1.165, 1.54) is 6.07 Å². The highest BCUT2D eigenvalue weighted by molar-refractivity contribution is 7.86. The quantitative estimate of drug-likeness (QED) is 0.566. The Morgan fingerprint density at radius 1 is 0.917 bits per heavy atom. The number of nitrogens with two attached hydrogens (primary N) is 2.